The van der Waals surface area contributed by atoms with Crippen molar-refractivity contribution in [3.8, 4) is 0 Å². The highest BCUT2D eigenvalue weighted by Gasteiger charge is 2.22. The van der Waals surface area contributed by atoms with E-state index < -0.39 is 6.04 Å². The Hall–Kier alpha value is -3.77. The Kier molecular flexibility index (Phi) is 5.96. The molecular formula is C24H19N3O2S. The standard InChI is InChI=1S/C24H19N3O2S/c28-21(15-16-22-26-19-13-7-8-14-20(19)30-22)27-23(17-9-3-1-4-10-17)24(29)25-18-11-5-2-6-12-18/h1-16,23H,(H,25,29)(H,27,28)/b16-15+. The van der Waals surface area contributed by atoms with E-state index in [-0.39, 0.29) is 11.8 Å². The largest absolute Gasteiger partial charge is 0.337 e. The first-order chi connectivity index (χ1) is 14.7. The molecule has 148 valence electrons. The van der Waals surface area contributed by atoms with E-state index in [1.807, 2.05) is 72.8 Å². The molecule has 2 amide bonds. The predicted molar refractivity (Wildman–Crippen MR) is 121 cm³/mol. The van der Waals surface area contributed by atoms with Gasteiger partial charge in [-0.2, -0.15) is 0 Å². The topological polar surface area (TPSA) is 71.1 Å². The second kappa shape index (κ2) is 9.15. The van der Waals surface area contributed by atoms with Gasteiger partial charge in [-0.05, 0) is 35.9 Å². The molecule has 30 heavy (non-hydrogen) atoms. The summed E-state index contributed by atoms with van der Waals surface area (Å²) in [5.74, 6) is -0.680. The molecule has 1 heterocycles. The minimum atomic E-state index is -0.820. The van der Waals surface area contributed by atoms with Crippen LogP contribution < -0.4 is 10.6 Å². The van der Waals surface area contributed by atoms with Crippen molar-refractivity contribution >= 4 is 45.1 Å². The molecule has 4 rings (SSSR count). The van der Waals surface area contributed by atoms with Gasteiger partial charge in [-0.3, -0.25) is 9.59 Å². The SMILES string of the molecule is O=C(/C=C/c1nc2ccccc2s1)NC(C(=O)Nc1ccccc1)c1ccccc1. The zero-order chi connectivity index (χ0) is 20.8. The van der Waals surface area contributed by atoms with E-state index in [0.717, 1.165) is 15.2 Å². The maximum atomic E-state index is 12.9. The molecule has 0 spiro atoms. The van der Waals surface area contributed by atoms with E-state index >= 15 is 0 Å². The molecule has 0 aliphatic carbocycles. The van der Waals surface area contributed by atoms with Gasteiger partial charge in [0.05, 0.1) is 10.2 Å². The number of carbonyl (C=O) groups excluding carboxylic acids is 2. The van der Waals surface area contributed by atoms with Crippen molar-refractivity contribution in [2.75, 3.05) is 5.32 Å². The van der Waals surface area contributed by atoms with Crippen LogP contribution in [0.25, 0.3) is 16.3 Å². The molecule has 1 aromatic heterocycles. The lowest BCUT2D eigenvalue weighted by Crippen LogP contribution is -2.36. The Morgan fingerprint density at radius 1 is 0.867 bits per heavy atom. The number of nitrogens with one attached hydrogen (secondary N) is 2. The quantitative estimate of drug-likeness (QED) is 0.446. The number of benzene rings is 3. The zero-order valence-corrected chi connectivity index (χ0v) is 16.8. The summed E-state index contributed by atoms with van der Waals surface area (Å²) in [6.07, 6.45) is 3.07. The highest BCUT2D eigenvalue weighted by atomic mass is 32.1. The van der Waals surface area contributed by atoms with E-state index in [4.69, 9.17) is 0 Å². The van der Waals surface area contributed by atoms with Crippen LogP contribution in [0, 0.1) is 0 Å². The Morgan fingerprint density at radius 3 is 2.27 bits per heavy atom. The van der Waals surface area contributed by atoms with Crippen LogP contribution in [0.15, 0.2) is 91.0 Å². The minimum absolute atomic E-state index is 0.311. The third-order valence-corrected chi connectivity index (χ3v) is 5.41. The van der Waals surface area contributed by atoms with Gasteiger partial charge in [0, 0.05) is 11.8 Å². The molecule has 1 unspecified atom stereocenters. The first kappa shape index (κ1) is 19.5. The number of aromatic nitrogens is 1. The monoisotopic (exact) mass is 413 g/mol. The number of carbonyl (C=O) groups is 2. The highest BCUT2D eigenvalue weighted by molar-refractivity contribution is 7.19. The fraction of sp³-hybridized carbons (Fsp3) is 0.0417. The van der Waals surface area contributed by atoms with Crippen LogP contribution in [0.3, 0.4) is 0 Å². The van der Waals surface area contributed by atoms with Crippen molar-refractivity contribution in [1.82, 2.24) is 10.3 Å². The summed E-state index contributed by atoms with van der Waals surface area (Å²) in [6.45, 7) is 0. The lowest BCUT2D eigenvalue weighted by atomic mass is 10.1. The van der Waals surface area contributed by atoms with E-state index in [1.165, 1.54) is 17.4 Å². The molecular weight excluding hydrogens is 394 g/mol. The van der Waals surface area contributed by atoms with Crippen LogP contribution in [-0.4, -0.2) is 16.8 Å². The zero-order valence-electron chi connectivity index (χ0n) is 16.0. The molecule has 6 heteroatoms. The Bertz CT molecular complexity index is 1150. The number of fused-ring (bicyclic) bond motifs is 1. The van der Waals surface area contributed by atoms with Gasteiger partial charge in [0.2, 0.25) is 5.91 Å². The average Bonchev–Trinajstić information content (AvgIpc) is 3.20. The normalized spacial score (nSPS) is 12.0. The van der Waals surface area contributed by atoms with Crippen molar-refractivity contribution in [3.05, 3.63) is 102 Å². The van der Waals surface area contributed by atoms with E-state index in [2.05, 4.69) is 15.6 Å². The first-order valence-corrected chi connectivity index (χ1v) is 10.3. The summed E-state index contributed by atoms with van der Waals surface area (Å²) in [7, 11) is 0. The Balaban J connectivity index is 1.50. The van der Waals surface area contributed by atoms with Crippen LogP contribution >= 0.6 is 11.3 Å². The van der Waals surface area contributed by atoms with Gasteiger partial charge in [0.1, 0.15) is 11.0 Å². The molecule has 0 saturated carbocycles. The summed E-state index contributed by atoms with van der Waals surface area (Å²) < 4.78 is 1.06. The Labute approximate surface area is 178 Å². The van der Waals surface area contributed by atoms with Crippen molar-refractivity contribution in [2.24, 2.45) is 0 Å². The molecule has 0 aliphatic heterocycles. The van der Waals surface area contributed by atoms with Gasteiger partial charge < -0.3 is 10.6 Å². The molecule has 2 N–H and O–H groups in total. The fourth-order valence-electron chi connectivity index (χ4n) is 2.98. The number of anilines is 1. The molecule has 1 atom stereocenters. The van der Waals surface area contributed by atoms with Gasteiger partial charge >= 0.3 is 0 Å². The van der Waals surface area contributed by atoms with Crippen LogP contribution in [0.2, 0.25) is 0 Å². The molecule has 0 bridgehead atoms. The molecule has 5 nitrogen and oxygen atoms in total. The second-order valence-corrected chi connectivity index (χ2v) is 7.62. The van der Waals surface area contributed by atoms with Gasteiger partial charge in [0.15, 0.2) is 0 Å². The lowest BCUT2D eigenvalue weighted by Gasteiger charge is -2.18. The van der Waals surface area contributed by atoms with E-state index in [9.17, 15) is 9.59 Å². The molecule has 4 aromatic rings. The van der Waals surface area contributed by atoms with Crippen LogP contribution in [-0.2, 0) is 9.59 Å². The van der Waals surface area contributed by atoms with Gasteiger partial charge in [-0.1, -0.05) is 60.7 Å². The third kappa shape index (κ3) is 4.79. The summed E-state index contributed by atoms with van der Waals surface area (Å²) >= 11 is 1.51. The highest BCUT2D eigenvalue weighted by Crippen LogP contribution is 2.22. The summed E-state index contributed by atoms with van der Waals surface area (Å²) in [4.78, 5) is 29.9. The second-order valence-electron chi connectivity index (χ2n) is 6.56. The van der Waals surface area contributed by atoms with E-state index in [1.54, 1.807) is 18.2 Å². The van der Waals surface area contributed by atoms with Gasteiger partial charge in [0.25, 0.3) is 5.91 Å². The summed E-state index contributed by atoms with van der Waals surface area (Å²) in [6, 6.07) is 25.3. The van der Waals surface area contributed by atoms with Crippen molar-refractivity contribution in [2.45, 2.75) is 6.04 Å². The Morgan fingerprint density at radius 2 is 1.53 bits per heavy atom. The first-order valence-electron chi connectivity index (χ1n) is 9.44. The maximum Gasteiger partial charge on any atom is 0.251 e. The smallest absolute Gasteiger partial charge is 0.251 e. The number of nitrogens with zero attached hydrogens (tertiary/aromatic N) is 1. The number of amides is 2. The average molecular weight is 414 g/mol. The molecule has 0 saturated heterocycles. The van der Waals surface area contributed by atoms with Crippen molar-refractivity contribution < 1.29 is 9.59 Å². The van der Waals surface area contributed by atoms with Crippen molar-refractivity contribution in [1.29, 1.82) is 0 Å². The van der Waals surface area contributed by atoms with Crippen molar-refractivity contribution in [3.63, 3.8) is 0 Å². The van der Waals surface area contributed by atoms with Gasteiger partial charge in [-0.25, -0.2) is 4.98 Å². The number of hydrogen-bond donors (Lipinski definition) is 2. The van der Waals surface area contributed by atoms with Crippen LogP contribution in [0.4, 0.5) is 5.69 Å². The maximum absolute atomic E-state index is 12.9. The molecule has 0 radical (unpaired) electrons. The lowest BCUT2D eigenvalue weighted by molar-refractivity contribution is -0.123. The number of para-hydroxylation sites is 2. The van der Waals surface area contributed by atoms with Crippen LogP contribution in [0.1, 0.15) is 16.6 Å². The van der Waals surface area contributed by atoms with E-state index in [0.29, 0.717) is 11.3 Å². The summed E-state index contributed by atoms with van der Waals surface area (Å²) in [5, 5.41) is 6.38. The molecule has 0 fully saturated rings. The number of hydrogen-bond acceptors (Lipinski definition) is 4. The minimum Gasteiger partial charge on any atom is -0.337 e. The number of thiazole rings is 1. The predicted octanol–water partition coefficient (Wildman–Crippen LogP) is 4.81. The number of rotatable bonds is 6. The third-order valence-electron chi connectivity index (χ3n) is 4.41. The van der Waals surface area contributed by atoms with Gasteiger partial charge in [-0.15, -0.1) is 11.3 Å². The fourth-order valence-corrected chi connectivity index (χ4v) is 3.85. The van der Waals surface area contributed by atoms with Crippen LogP contribution in [0.5, 0.6) is 0 Å². The molecule has 3 aromatic carbocycles. The summed E-state index contributed by atoms with van der Waals surface area (Å²) in [5.41, 5.74) is 2.27. The molecule has 0 aliphatic rings.